The van der Waals surface area contributed by atoms with Crippen molar-refractivity contribution in [1.29, 1.82) is 0 Å². The third-order valence-corrected chi connectivity index (χ3v) is 4.68. The third-order valence-electron chi connectivity index (χ3n) is 4.68. The zero-order chi connectivity index (χ0) is 17.2. The van der Waals surface area contributed by atoms with Crippen LogP contribution in [0.5, 0.6) is 0 Å². The van der Waals surface area contributed by atoms with E-state index in [1.54, 1.807) is 18.5 Å². The fraction of sp³-hybridized carbons (Fsp3) is 0.333. The van der Waals surface area contributed by atoms with E-state index >= 15 is 0 Å². The summed E-state index contributed by atoms with van der Waals surface area (Å²) in [6.07, 6.45) is 6.45. The number of aromatic nitrogens is 3. The Balaban J connectivity index is 1.76. The van der Waals surface area contributed by atoms with Crippen LogP contribution in [0.25, 0.3) is 22.3 Å². The van der Waals surface area contributed by atoms with Crippen molar-refractivity contribution in [3.63, 3.8) is 0 Å². The molecule has 4 rings (SSSR count). The molecule has 7 heteroatoms. The highest BCUT2D eigenvalue weighted by atomic mass is 16.6. The summed E-state index contributed by atoms with van der Waals surface area (Å²) in [6, 6.07) is 8.62. The molecule has 0 amide bonds. The maximum absolute atomic E-state index is 11.0. The monoisotopic (exact) mass is 337 g/mol. The lowest BCUT2D eigenvalue weighted by Crippen LogP contribution is -2.25. The largest absolute Gasteiger partial charge is 0.356 e. The van der Waals surface area contributed by atoms with E-state index in [0.29, 0.717) is 0 Å². The van der Waals surface area contributed by atoms with Gasteiger partial charge in [0.25, 0.3) is 5.69 Å². The number of rotatable bonds is 3. The smallest absolute Gasteiger partial charge is 0.270 e. The van der Waals surface area contributed by atoms with E-state index in [1.807, 2.05) is 12.1 Å². The lowest BCUT2D eigenvalue weighted by atomic mass is 10.1. The molecular formula is C18H19N5O2. The van der Waals surface area contributed by atoms with Gasteiger partial charge >= 0.3 is 0 Å². The lowest BCUT2D eigenvalue weighted by Gasteiger charge is -2.21. The van der Waals surface area contributed by atoms with Crippen LogP contribution in [0.1, 0.15) is 25.7 Å². The average Bonchev–Trinajstić information content (AvgIpc) is 2.89. The van der Waals surface area contributed by atoms with E-state index < -0.39 is 0 Å². The second kappa shape index (κ2) is 6.51. The Morgan fingerprint density at radius 3 is 2.64 bits per heavy atom. The van der Waals surface area contributed by atoms with Gasteiger partial charge in [-0.3, -0.25) is 10.1 Å². The van der Waals surface area contributed by atoms with Crippen molar-refractivity contribution in [2.45, 2.75) is 25.7 Å². The molecule has 128 valence electrons. The van der Waals surface area contributed by atoms with Crippen LogP contribution in [0.2, 0.25) is 0 Å². The van der Waals surface area contributed by atoms with Gasteiger partial charge in [-0.2, -0.15) is 0 Å². The van der Waals surface area contributed by atoms with Gasteiger partial charge in [0.15, 0.2) is 0 Å². The normalized spacial score (nSPS) is 15.3. The highest BCUT2D eigenvalue weighted by Gasteiger charge is 2.17. The maximum atomic E-state index is 11.0. The Bertz CT molecular complexity index is 913. The highest BCUT2D eigenvalue weighted by Crippen LogP contribution is 2.31. The lowest BCUT2D eigenvalue weighted by molar-refractivity contribution is -0.384. The summed E-state index contributed by atoms with van der Waals surface area (Å²) in [4.78, 5) is 25.1. The minimum Gasteiger partial charge on any atom is -0.356 e. The number of hydrogen-bond donors (Lipinski definition) is 1. The number of nitro groups is 1. The number of aromatic amines is 1. The van der Waals surface area contributed by atoms with Gasteiger partial charge in [-0.1, -0.05) is 25.0 Å². The Labute approximate surface area is 144 Å². The Morgan fingerprint density at radius 2 is 1.88 bits per heavy atom. The number of hydrogen-bond acceptors (Lipinski definition) is 5. The van der Waals surface area contributed by atoms with Crippen molar-refractivity contribution in [2.75, 3.05) is 18.0 Å². The van der Waals surface area contributed by atoms with Crippen LogP contribution in [0.4, 0.5) is 11.5 Å². The topological polar surface area (TPSA) is 87.9 Å². The molecule has 0 atom stereocenters. The molecule has 1 saturated heterocycles. The second-order valence-corrected chi connectivity index (χ2v) is 6.35. The van der Waals surface area contributed by atoms with Crippen LogP contribution in [-0.4, -0.2) is 33.0 Å². The molecular weight excluding hydrogens is 318 g/mol. The molecule has 3 heterocycles. The third kappa shape index (κ3) is 3.05. The SMILES string of the molecule is O=[N+]([O-])c1cccc(-c2cc3c(N4CCCCCC4)ncnc3[nH]2)c1. The van der Waals surface area contributed by atoms with Crippen LogP contribution in [0.15, 0.2) is 36.7 Å². The average molecular weight is 337 g/mol. The van der Waals surface area contributed by atoms with Gasteiger partial charge in [-0.05, 0) is 18.9 Å². The zero-order valence-corrected chi connectivity index (χ0v) is 13.8. The molecule has 0 aliphatic carbocycles. The van der Waals surface area contributed by atoms with E-state index in [4.69, 9.17) is 0 Å². The second-order valence-electron chi connectivity index (χ2n) is 6.35. The van der Waals surface area contributed by atoms with Crippen molar-refractivity contribution < 1.29 is 4.92 Å². The summed E-state index contributed by atoms with van der Waals surface area (Å²) >= 11 is 0. The van der Waals surface area contributed by atoms with E-state index in [1.165, 1.54) is 31.7 Å². The fourth-order valence-corrected chi connectivity index (χ4v) is 3.40. The first-order valence-electron chi connectivity index (χ1n) is 8.56. The summed E-state index contributed by atoms with van der Waals surface area (Å²) < 4.78 is 0. The number of H-pyrrole nitrogens is 1. The molecule has 2 aromatic heterocycles. The van der Waals surface area contributed by atoms with E-state index in [9.17, 15) is 10.1 Å². The maximum Gasteiger partial charge on any atom is 0.270 e. The summed E-state index contributed by atoms with van der Waals surface area (Å²) in [7, 11) is 0. The quantitative estimate of drug-likeness (QED) is 0.578. The van der Waals surface area contributed by atoms with Crippen molar-refractivity contribution >= 4 is 22.5 Å². The van der Waals surface area contributed by atoms with Crippen LogP contribution < -0.4 is 4.90 Å². The van der Waals surface area contributed by atoms with Crippen molar-refractivity contribution in [1.82, 2.24) is 15.0 Å². The Morgan fingerprint density at radius 1 is 1.08 bits per heavy atom. The van der Waals surface area contributed by atoms with E-state index in [2.05, 4.69) is 19.9 Å². The standard InChI is InChI=1S/C18H19N5O2/c24-23(25)14-7-5-6-13(10-14)16-11-15-17(21-16)19-12-20-18(15)22-8-3-1-2-4-9-22/h5-7,10-12H,1-4,8-9H2,(H,19,20,21). The number of nitrogens with zero attached hydrogens (tertiary/aromatic N) is 4. The molecule has 0 unspecified atom stereocenters. The van der Waals surface area contributed by atoms with Crippen LogP contribution in [-0.2, 0) is 0 Å². The molecule has 0 radical (unpaired) electrons. The number of anilines is 1. The number of fused-ring (bicyclic) bond motifs is 1. The summed E-state index contributed by atoms with van der Waals surface area (Å²) in [6.45, 7) is 2.01. The van der Waals surface area contributed by atoms with Gasteiger partial charge in [0.1, 0.15) is 17.8 Å². The van der Waals surface area contributed by atoms with Gasteiger partial charge in [-0.25, -0.2) is 9.97 Å². The van der Waals surface area contributed by atoms with Gasteiger partial charge < -0.3 is 9.88 Å². The molecule has 1 aliphatic rings. The Hall–Kier alpha value is -2.96. The van der Waals surface area contributed by atoms with Crippen LogP contribution in [0, 0.1) is 10.1 Å². The predicted octanol–water partition coefficient (Wildman–Crippen LogP) is 3.91. The predicted molar refractivity (Wildman–Crippen MR) is 96.7 cm³/mol. The van der Waals surface area contributed by atoms with Gasteiger partial charge in [-0.15, -0.1) is 0 Å². The van der Waals surface area contributed by atoms with Gasteiger partial charge in [0.2, 0.25) is 0 Å². The molecule has 0 spiro atoms. The molecule has 0 saturated carbocycles. The van der Waals surface area contributed by atoms with Crippen molar-refractivity contribution in [2.24, 2.45) is 0 Å². The minimum atomic E-state index is -0.380. The van der Waals surface area contributed by atoms with Gasteiger partial charge in [0.05, 0.1) is 10.3 Å². The number of nitrogens with one attached hydrogen (secondary N) is 1. The number of nitro benzene ring substituents is 1. The summed E-state index contributed by atoms with van der Waals surface area (Å²) in [5, 5.41) is 12.0. The zero-order valence-electron chi connectivity index (χ0n) is 13.8. The van der Waals surface area contributed by atoms with E-state index in [0.717, 1.165) is 41.2 Å². The van der Waals surface area contributed by atoms with Crippen molar-refractivity contribution in [3.8, 4) is 11.3 Å². The molecule has 1 aromatic carbocycles. The summed E-state index contributed by atoms with van der Waals surface area (Å²) in [5.41, 5.74) is 2.43. The highest BCUT2D eigenvalue weighted by molar-refractivity contribution is 5.92. The van der Waals surface area contributed by atoms with Crippen molar-refractivity contribution in [3.05, 3.63) is 46.8 Å². The van der Waals surface area contributed by atoms with E-state index in [-0.39, 0.29) is 10.6 Å². The molecule has 25 heavy (non-hydrogen) atoms. The first-order valence-corrected chi connectivity index (χ1v) is 8.56. The fourth-order valence-electron chi connectivity index (χ4n) is 3.40. The summed E-state index contributed by atoms with van der Waals surface area (Å²) in [5.74, 6) is 0.944. The molecule has 1 aliphatic heterocycles. The molecule has 1 fully saturated rings. The van der Waals surface area contributed by atoms with Crippen LogP contribution in [0.3, 0.4) is 0 Å². The minimum absolute atomic E-state index is 0.0787. The molecule has 1 N–H and O–H groups in total. The van der Waals surface area contributed by atoms with Crippen LogP contribution >= 0.6 is 0 Å². The number of non-ortho nitro benzene ring substituents is 1. The number of benzene rings is 1. The molecule has 0 bridgehead atoms. The first kappa shape index (κ1) is 15.6. The molecule has 3 aromatic rings. The molecule has 7 nitrogen and oxygen atoms in total. The van der Waals surface area contributed by atoms with Gasteiger partial charge in [0, 0.05) is 36.5 Å². The first-order chi connectivity index (χ1) is 12.2. The Kier molecular flexibility index (Phi) is 4.05.